The maximum atomic E-state index is 12.8. The van der Waals surface area contributed by atoms with Crippen molar-refractivity contribution in [3.05, 3.63) is 52.5 Å². The molecule has 0 bridgehead atoms. The van der Waals surface area contributed by atoms with Crippen LogP contribution in [-0.2, 0) is 33.0 Å². The molecule has 0 spiro atoms. The summed E-state index contributed by atoms with van der Waals surface area (Å²) in [6.07, 6.45) is 0.587. The lowest BCUT2D eigenvalue weighted by molar-refractivity contribution is 0.392. The van der Waals surface area contributed by atoms with Crippen LogP contribution in [0.15, 0.2) is 41.3 Å². The summed E-state index contributed by atoms with van der Waals surface area (Å²) in [5.74, 6) is 0.207. The van der Waals surface area contributed by atoms with Gasteiger partial charge in [-0.15, -0.1) is 0 Å². The van der Waals surface area contributed by atoms with Crippen LogP contribution in [0.1, 0.15) is 18.1 Å². The van der Waals surface area contributed by atoms with Gasteiger partial charge in [-0.05, 0) is 54.8 Å². The average Bonchev–Trinajstić information content (AvgIpc) is 2.67. The van der Waals surface area contributed by atoms with Crippen LogP contribution < -0.4 is 9.46 Å². The molecule has 3 rings (SSSR count). The normalized spacial score (nSPS) is 15.1. The minimum atomic E-state index is -3.94. The first-order valence-electron chi connectivity index (χ1n) is 8.62. The topological polar surface area (TPSA) is 92.8 Å². The SMILES string of the molecule is CCS(=O)(=O)N1CCc2ccc(NS(=O)(=O)c3cc(Cl)ccc3OC)cc2C1. The van der Waals surface area contributed by atoms with Crippen molar-refractivity contribution in [2.45, 2.75) is 24.8 Å². The molecule has 0 atom stereocenters. The van der Waals surface area contributed by atoms with Crippen molar-refractivity contribution < 1.29 is 21.6 Å². The van der Waals surface area contributed by atoms with E-state index in [4.69, 9.17) is 16.3 Å². The van der Waals surface area contributed by atoms with Gasteiger partial charge in [0.1, 0.15) is 10.6 Å². The Hall–Kier alpha value is -1.81. The molecule has 0 aromatic heterocycles. The molecule has 0 unspecified atom stereocenters. The molecule has 1 N–H and O–H groups in total. The highest BCUT2D eigenvalue weighted by molar-refractivity contribution is 7.92. The highest BCUT2D eigenvalue weighted by Crippen LogP contribution is 2.30. The van der Waals surface area contributed by atoms with Crippen molar-refractivity contribution in [3.8, 4) is 5.75 Å². The Bertz CT molecular complexity index is 1100. The minimum Gasteiger partial charge on any atom is -0.495 e. The summed E-state index contributed by atoms with van der Waals surface area (Å²) >= 11 is 5.94. The highest BCUT2D eigenvalue weighted by atomic mass is 35.5. The first-order valence-corrected chi connectivity index (χ1v) is 12.1. The Kier molecular flexibility index (Phi) is 5.90. The second-order valence-corrected chi connectivity index (χ2v) is 10.7. The van der Waals surface area contributed by atoms with Crippen LogP contribution in [-0.4, -0.2) is 40.5 Å². The van der Waals surface area contributed by atoms with Gasteiger partial charge in [-0.3, -0.25) is 4.72 Å². The van der Waals surface area contributed by atoms with Gasteiger partial charge in [0, 0.05) is 23.8 Å². The summed E-state index contributed by atoms with van der Waals surface area (Å²) in [7, 11) is -5.87. The zero-order chi connectivity index (χ0) is 20.5. The molecule has 2 aromatic rings. The monoisotopic (exact) mass is 444 g/mol. The van der Waals surface area contributed by atoms with Crippen LogP contribution in [0.2, 0.25) is 5.02 Å². The van der Waals surface area contributed by atoms with E-state index in [1.54, 1.807) is 25.1 Å². The molecule has 152 valence electrons. The number of fused-ring (bicyclic) bond motifs is 1. The van der Waals surface area contributed by atoms with Crippen molar-refractivity contribution in [2.75, 3.05) is 24.1 Å². The fraction of sp³-hybridized carbons (Fsp3) is 0.333. The van der Waals surface area contributed by atoms with Gasteiger partial charge >= 0.3 is 0 Å². The zero-order valence-corrected chi connectivity index (χ0v) is 17.9. The number of rotatable bonds is 6. The fourth-order valence-corrected chi connectivity index (χ4v) is 5.64. The molecule has 1 aliphatic rings. The maximum Gasteiger partial charge on any atom is 0.265 e. The number of hydrogen-bond donors (Lipinski definition) is 1. The largest absolute Gasteiger partial charge is 0.495 e. The number of sulfonamides is 2. The predicted octanol–water partition coefficient (Wildman–Crippen LogP) is 2.86. The Morgan fingerprint density at radius 2 is 1.86 bits per heavy atom. The van der Waals surface area contributed by atoms with Crippen molar-refractivity contribution in [1.29, 1.82) is 0 Å². The van der Waals surface area contributed by atoms with E-state index in [2.05, 4.69) is 4.72 Å². The molecule has 10 heteroatoms. The van der Waals surface area contributed by atoms with Gasteiger partial charge in [-0.25, -0.2) is 16.8 Å². The lowest BCUT2D eigenvalue weighted by Crippen LogP contribution is -2.36. The standard InChI is InChI=1S/C18H21ClN2O5S2/c1-3-27(22,23)21-9-8-13-4-6-16(10-14(13)12-21)20-28(24,25)18-11-15(19)5-7-17(18)26-2/h4-7,10-11,20H,3,8-9,12H2,1-2H3. The van der Waals surface area contributed by atoms with Gasteiger partial charge in [0.15, 0.2) is 0 Å². The van der Waals surface area contributed by atoms with Gasteiger partial charge in [0.2, 0.25) is 10.0 Å². The molecule has 0 radical (unpaired) electrons. The average molecular weight is 445 g/mol. The second kappa shape index (κ2) is 7.90. The van der Waals surface area contributed by atoms with Crippen LogP contribution in [0.5, 0.6) is 5.75 Å². The van der Waals surface area contributed by atoms with E-state index in [1.165, 1.54) is 23.5 Å². The number of benzene rings is 2. The maximum absolute atomic E-state index is 12.8. The van der Waals surface area contributed by atoms with Crippen LogP contribution >= 0.6 is 11.6 Å². The van der Waals surface area contributed by atoms with E-state index < -0.39 is 20.0 Å². The Morgan fingerprint density at radius 1 is 1.11 bits per heavy atom. The Morgan fingerprint density at radius 3 is 2.54 bits per heavy atom. The third kappa shape index (κ3) is 4.27. The third-order valence-corrected chi connectivity index (χ3v) is 8.07. The first kappa shape index (κ1) is 20.9. The molecule has 7 nitrogen and oxygen atoms in total. The number of anilines is 1. The number of halogens is 1. The van der Waals surface area contributed by atoms with Gasteiger partial charge in [0.05, 0.1) is 12.9 Å². The molecule has 0 saturated carbocycles. The van der Waals surface area contributed by atoms with Gasteiger partial charge in [-0.1, -0.05) is 17.7 Å². The molecule has 1 heterocycles. The molecule has 2 aromatic carbocycles. The van der Waals surface area contributed by atoms with E-state index in [9.17, 15) is 16.8 Å². The molecule has 0 aliphatic carbocycles. The van der Waals surface area contributed by atoms with Gasteiger partial charge in [0.25, 0.3) is 10.0 Å². The smallest absolute Gasteiger partial charge is 0.265 e. The third-order valence-electron chi connectivity index (χ3n) is 4.61. The molecule has 0 fully saturated rings. The Labute approximate surface area is 170 Å². The van der Waals surface area contributed by atoms with Crippen LogP contribution in [0.25, 0.3) is 0 Å². The number of nitrogens with zero attached hydrogens (tertiary/aromatic N) is 1. The van der Waals surface area contributed by atoms with E-state index >= 15 is 0 Å². The summed E-state index contributed by atoms with van der Waals surface area (Å²) in [5.41, 5.74) is 2.13. The van der Waals surface area contributed by atoms with Gasteiger partial charge < -0.3 is 4.74 Å². The number of ether oxygens (including phenoxy) is 1. The summed E-state index contributed by atoms with van der Waals surface area (Å²) < 4.78 is 59.0. The Balaban J connectivity index is 1.91. The van der Waals surface area contributed by atoms with Crippen LogP contribution in [0.4, 0.5) is 5.69 Å². The van der Waals surface area contributed by atoms with E-state index in [0.717, 1.165) is 11.1 Å². The van der Waals surface area contributed by atoms with E-state index in [-0.39, 0.29) is 28.0 Å². The van der Waals surface area contributed by atoms with Gasteiger partial charge in [-0.2, -0.15) is 4.31 Å². The lowest BCUT2D eigenvalue weighted by atomic mass is 10.0. The summed E-state index contributed by atoms with van der Waals surface area (Å²) in [5, 5.41) is 0.270. The quantitative estimate of drug-likeness (QED) is 0.739. The number of methoxy groups -OCH3 is 1. The molecular formula is C18H21ClN2O5S2. The van der Waals surface area contributed by atoms with Crippen molar-refractivity contribution in [3.63, 3.8) is 0 Å². The molecule has 0 saturated heterocycles. The lowest BCUT2D eigenvalue weighted by Gasteiger charge is -2.28. The molecule has 0 amide bonds. The molecular weight excluding hydrogens is 424 g/mol. The van der Waals surface area contributed by atoms with E-state index in [0.29, 0.717) is 18.7 Å². The van der Waals surface area contributed by atoms with Crippen molar-refractivity contribution >= 4 is 37.3 Å². The highest BCUT2D eigenvalue weighted by Gasteiger charge is 2.26. The predicted molar refractivity (Wildman–Crippen MR) is 109 cm³/mol. The summed E-state index contributed by atoms with van der Waals surface area (Å²) in [6, 6.07) is 9.49. The van der Waals surface area contributed by atoms with Crippen LogP contribution in [0, 0.1) is 0 Å². The zero-order valence-electron chi connectivity index (χ0n) is 15.5. The van der Waals surface area contributed by atoms with E-state index in [1.807, 2.05) is 6.07 Å². The molecule has 1 aliphatic heterocycles. The first-order chi connectivity index (χ1) is 13.2. The van der Waals surface area contributed by atoms with Crippen LogP contribution in [0.3, 0.4) is 0 Å². The summed E-state index contributed by atoms with van der Waals surface area (Å²) in [6.45, 7) is 2.25. The molecule has 28 heavy (non-hydrogen) atoms. The second-order valence-electron chi connectivity index (χ2n) is 6.37. The fourth-order valence-electron chi connectivity index (χ4n) is 3.09. The minimum absolute atomic E-state index is 0.0310. The van der Waals surface area contributed by atoms with Crippen molar-refractivity contribution in [2.24, 2.45) is 0 Å². The number of hydrogen-bond acceptors (Lipinski definition) is 5. The number of nitrogens with one attached hydrogen (secondary N) is 1. The summed E-state index contributed by atoms with van der Waals surface area (Å²) in [4.78, 5) is -0.0737. The van der Waals surface area contributed by atoms with Crippen molar-refractivity contribution in [1.82, 2.24) is 4.31 Å².